The fraction of sp³-hybridized carbons (Fsp3) is 0.750. The van der Waals surface area contributed by atoms with E-state index in [4.69, 9.17) is 0 Å². The van der Waals surface area contributed by atoms with Gasteiger partial charge in [-0.2, -0.15) is 0 Å². The van der Waals surface area contributed by atoms with E-state index in [-0.39, 0.29) is 24.0 Å². The number of hydrogen-bond donors (Lipinski definition) is 2. The SMILES string of the molecule is CCNC(=NCCc1ncc(C)s1)NC(C)CCC(C)C.I. The second-order valence-corrected chi connectivity index (χ2v) is 7.21. The Hall–Kier alpha value is -0.370. The van der Waals surface area contributed by atoms with Crippen molar-refractivity contribution >= 4 is 41.3 Å². The zero-order valence-electron chi connectivity index (χ0n) is 14.5. The zero-order valence-corrected chi connectivity index (χ0v) is 17.6. The highest BCUT2D eigenvalue weighted by atomic mass is 127. The summed E-state index contributed by atoms with van der Waals surface area (Å²) in [7, 11) is 0. The number of nitrogens with one attached hydrogen (secondary N) is 2. The number of aliphatic imine (C=N–C) groups is 1. The Morgan fingerprint density at radius 3 is 2.59 bits per heavy atom. The van der Waals surface area contributed by atoms with Gasteiger partial charge in [-0.25, -0.2) is 4.98 Å². The highest BCUT2D eigenvalue weighted by molar-refractivity contribution is 14.0. The van der Waals surface area contributed by atoms with Gasteiger partial charge < -0.3 is 10.6 Å². The Morgan fingerprint density at radius 2 is 2.05 bits per heavy atom. The number of guanidine groups is 1. The maximum absolute atomic E-state index is 4.65. The lowest BCUT2D eigenvalue weighted by molar-refractivity contribution is 0.489. The standard InChI is InChI=1S/C16H30N4S.HI/c1-6-17-16(20-13(4)8-7-12(2)3)18-10-9-15-19-11-14(5)21-15;/h11-13H,6-10H2,1-5H3,(H2,17,18,20);1H. The van der Waals surface area contributed by atoms with Gasteiger partial charge in [0.1, 0.15) is 0 Å². The molecule has 1 aromatic heterocycles. The number of thiazole rings is 1. The van der Waals surface area contributed by atoms with Crippen LogP contribution in [-0.4, -0.2) is 30.1 Å². The van der Waals surface area contributed by atoms with E-state index in [1.165, 1.54) is 22.7 Å². The van der Waals surface area contributed by atoms with Crippen LogP contribution in [0.1, 0.15) is 50.4 Å². The summed E-state index contributed by atoms with van der Waals surface area (Å²) in [5.41, 5.74) is 0. The topological polar surface area (TPSA) is 49.3 Å². The van der Waals surface area contributed by atoms with E-state index < -0.39 is 0 Å². The Labute approximate surface area is 156 Å². The molecule has 0 saturated heterocycles. The molecule has 0 fully saturated rings. The molecule has 6 heteroatoms. The van der Waals surface area contributed by atoms with Gasteiger partial charge in [-0.15, -0.1) is 35.3 Å². The second-order valence-electron chi connectivity index (χ2n) is 5.89. The molecule has 1 rings (SSSR count). The van der Waals surface area contributed by atoms with E-state index in [2.05, 4.69) is 55.2 Å². The van der Waals surface area contributed by atoms with Crippen LogP contribution >= 0.6 is 35.3 Å². The Kier molecular flexibility index (Phi) is 11.9. The molecule has 0 aromatic carbocycles. The molecule has 1 heterocycles. The largest absolute Gasteiger partial charge is 0.357 e. The average molecular weight is 438 g/mol. The molecule has 0 amide bonds. The number of aryl methyl sites for hydroxylation is 1. The molecule has 0 bridgehead atoms. The third-order valence-corrected chi connectivity index (χ3v) is 4.14. The molecule has 0 spiro atoms. The lowest BCUT2D eigenvalue weighted by Gasteiger charge is -2.18. The second kappa shape index (κ2) is 12.1. The number of halogens is 1. The van der Waals surface area contributed by atoms with Crippen molar-refractivity contribution in [3.8, 4) is 0 Å². The number of nitrogens with zero attached hydrogens (tertiary/aromatic N) is 2. The van der Waals surface area contributed by atoms with Gasteiger partial charge in [0.2, 0.25) is 0 Å². The molecule has 0 aliphatic carbocycles. The first kappa shape index (κ1) is 21.6. The molecule has 4 nitrogen and oxygen atoms in total. The minimum Gasteiger partial charge on any atom is -0.357 e. The monoisotopic (exact) mass is 438 g/mol. The van der Waals surface area contributed by atoms with Crippen molar-refractivity contribution in [1.29, 1.82) is 0 Å². The molecule has 1 unspecified atom stereocenters. The molecular weight excluding hydrogens is 407 g/mol. The molecular formula is C16H31IN4S. The molecule has 0 aliphatic heterocycles. The van der Waals surface area contributed by atoms with Crippen molar-refractivity contribution in [3.63, 3.8) is 0 Å². The van der Waals surface area contributed by atoms with Crippen LogP contribution in [0.15, 0.2) is 11.2 Å². The fourth-order valence-electron chi connectivity index (χ4n) is 1.99. The number of hydrogen-bond acceptors (Lipinski definition) is 3. The summed E-state index contributed by atoms with van der Waals surface area (Å²) >= 11 is 1.76. The lowest BCUT2D eigenvalue weighted by Crippen LogP contribution is -2.42. The van der Waals surface area contributed by atoms with Gasteiger partial charge in [0.15, 0.2) is 5.96 Å². The Bertz CT molecular complexity index is 432. The van der Waals surface area contributed by atoms with Crippen LogP contribution in [0.5, 0.6) is 0 Å². The first-order valence-electron chi connectivity index (χ1n) is 7.97. The van der Waals surface area contributed by atoms with Crippen molar-refractivity contribution in [2.45, 2.75) is 59.9 Å². The van der Waals surface area contributed by atoms with Gasteiger partial charge in [-0.1, -0.05) is 13.8 Å². The molecule has 128 valence electrons. The third-order valence-electron chi connectivity index (χ3n) is 3.17. The van der Waals surface area contributed by atoms with Crippen LogP contribution in [0.4, 0.5) is 0 Å². The third kappa shape index (κ3) is 9.61. The molecule has 2 N–H and O–H groups in total. The van der Waals surface area contributed by atoms with Crippen molar-refractivity contribution in [2.24, 2.45) is 10.9 Å². The fourth-order valence-corrected chi connectivity index (χ4v) is 2.77. The Morgan fingerprint density at radius 1 is 1.32 bits per heavy atom. The Balaban J connectivity index is 0.00000441. The van der Waals surface area contributed by atoms with E-state index in [0.717, 1.165) is 31.4 Å². The quantitative estimate of drug-likeness (QED) is 0.367. The summed E-state index contributed by atoms with van der Waals surface area (Å²) < 4.78 is 0. The normalized spacial score (nSPS) is 12.9. The summed E-state index contributed by atoms with van der Waals surface area (Å²) in [5, 5.41) is 7.97. The van der Waals surface area contributed by atoms with Crippen molar-refractivity contribution in [3.05, 3.63) is 16.1 Å². The maximum atomic E-state index is 4.65. The van der Waals surface area contributed by atoms with Gasteiger partial charge in [0.25, 0.3) is 0 Å². The minimum absolute atomic E-state index is 0. The first-order chi connectivity index (χ1) is 10.0. The first-order valence-corrected chi connectivity index (χ1v) is 8.79. The predicted molar refractivity (Wildman–Crippen MR) is 109 cm³/mol. The minimum atomic E-state index is 0. The molecule has 0 saturated carbocycles. The lowest BCUT2D eigenvalue weighted by atomic mass is 10.0. The molecule has 22 heavy (non-hydrogen) atoms. The van der Waals surface area contributed by atoms with Gasteiger partial charge in [-0.3, -0.25) is 4.99 Å². The van der Waals surface area contributed by atoms with Crippen LogP contribution < -0.4 is 10.6 Å². The van der Waals surface area contributed by atoms with Gasteiger partial charge in [0, 0.05) is 36.6 Å². The molecule has 1 aromatic rings. The van der Waals surface area contributed by atoms with Crippen LogP contribution in [0, 0.1) is 12.8 Å². The van der Waals surface area contributed by atoms with Crippen LogP contribution in [-0.2, 0) is 6.42 Å². The number of rotatable bonds is 8. The summed E-state index contributed by atoms with van der Waals surface area (Å²) in [6.07, 6.45) is 5.26. The van der Waals surface area contributed by atoms with Gasteiger partial charge in [0.05, 0.1) is 5.01 Å². The van der Waals surface area contributed by atoms with Gasteiger partial charge >= 0.3 is 0 Å². The molecule has 1 atom stereocenters. The van der Waals surface area contributed by atoms with E-state index in [1.54, 1.807) is 11.3 Å². The van der Waals surface area contributed by atoms with Crippen molar-refractivity contribution in [1.82, 2.24) is 15.6 Å². The summed E-state index contributed by atoms with van der Waals surface area (Å²) in [4.78, 5) is 10.3. The van der Waals surface area contributed by atoms with E-state index in [9.17, 15) is 0 Å². The van der Waals surface area contributed by atoms with Crippen LogP contribution in [0.2, 0.25) is 0 Å². The van der Waals surface area contributed by atoms with E-state index in [0.29, 0.717) is 6.04 Å². The van der Waals surface area contributed by atoms with Crippen molar-refractivity contribution in [2.75, 3.05) is 13.1 Å². The summed E-state index contributed by atoms with van der Waals surface area (Å²) in [5.74, 6) is 1.67. The van der Waals surface area contributed by atoms with Crippen LogP contribution in [0.25, 0.3) is 0 Å². The zero-order chi connectivity index (χ0) is 15.7. The summed E-state index contributed by atoms with van der Waals surface area (Å²) in [6.45, 7) is 12.6. The van der Waals surface area contributed by atoms with Crippen LogP contribution in [0.3, 0.4) is 0 Å². The van der Waals surface area contributed by atoms with E-state index >= 15 is 0 Å². The predicted octanol–water partition coefficient (Wildman–Crippen LogP) is 3.99. The highest BCUT2D eigenvalue weighted by Gasteiger charge is 2.06. The smallest absolute Gasteiger partial charge is 0.191 e. The average Bonchev–Trinajstić information content (AvgIpc) is 2.82. The molecule has 0 radical (unpaired) electrons. The van der Waals surface area contributed by atoms with Crippen molar-refractivity contribution < 1.29 is 0 Å². The molecule has 0 aliphatic rings. The highest BCUT2D eigenvalue weighted by Crippen LogP contribution is 2.11. The maximum Gasteiger partial charge on any atom is 0.191 e. The van der Waals surface area contributed by atoms with Gasteiger partial charge in [-0.05, 0) is 39.5 Å². The van der Waals surface area contributed by atoms with E-state index in [1.807, 2.05) is 6.20 Å². The number of aromatic nitrogens is 1. The summed E-state index contributed by atoms with van der Waals surface area (Å²) in [6, 6.07) is 0.451.